The average molecular weight is 329 g/mol. The lowest BCUT2D eigenvalue weighted by atomic mass is 10.00. The van der Waals surface area contributed by atoms with Crippen molar-refractivity contribution in [3.05, 3.63) is 54.1 Å². The number of hydrogen-bond acceptors (Lipinski definition) is 4. The minimum atomic E-state index is -0.593. The fourth-order valence-corrected chi connectivity index (χ4v) is 3.11. The number of hydrogen-bond donors (Lipinski definition) is 1. The Morgan fingerprint density at radius 2 is 2.21 bits per heavy atom. The van der Waals surface area contributed by atoms with Gasteiger partial charge >= 0.3 is 0 Å². The highest BCUT2D eigenvalue weighted by molar-refractivity contribution is 5.82. The van der Waals surface area contributed by atoms with Crippen LogP contribution in [0, 0.1) is 0 Å². The van der Waals surface area contributed by atoms with Crippen LogP contribution in [0.3, 0.4) is 0 Å². The van der Waals surface area contributed by atoms with Crippen molar-refractivity contribution in [1.82, 2.24) is 14.9 Å². The first kappa shape index (κ1) is 16.7. The van der Waals surface area contributed by atoms with Crippen molar-refractivity contribution < 1.29 is 14.3 Å². The van der Waals surface area contributed by atoms with Crippen LogP contribution in [0.2, 0.25) is 0 Å². The molecule has 1 aliphatic rings. The Kier molecular flexibility index (Phi) is 5.27. The lowest BCUT2D eigenvalue weighted by Gasteiger charge is -2.31. The van der Waals surface area contributed by atoms with Gasteiger partial charge in [-0.3, -0.25) is 4.79 Å². The van der Waals surface area contributed by atoms with E-state index >= 15 is 0 Å². The summed E-state index contributed by atoms with van der Waals surface area (Å²) in [4.78, 5) is 16.7. The van der Waals surface area contributed by atoms with Crippen molar-refractivity contribution >= 4 is 5.91 Å². The quantitative estimate of drug-likeness (QED) is 0.913. The van der Waals surface area contributed by atoms with Crippen LogP contribution in [-0.2, 0) is 21.3 Å². The summed E-state index contributed by atoms with van der Waals surface area (Å²) in [6, 6.07) is 9.59. The van der Waals surface area contributed by atoms with E-state index in [2.05, 4.69) is 10.3 Å². The van der Waals surface area contributed by atoms with Crippen LogP contribution in [0.15, 0.2) is 42.9 Å². The molecule has 0 spiro atoms. The Morgan fingerprint density at radius 3 is 2.88 bits per heavy atom. The molecule has 1 fully saturated rings. The van der Waals surface area contributed by atoms with Gasteiger partial charge in [0.25, 0.3) is 5.91 Å². The third-order valence-corrected chi connectivity index (χ3v) is 4.39. The molecule has 0 aliphatic carbocycles. The maximum absolute atomic E-state index is 12.6. The maximum Gasteiger partial charge on any atom is 0.253 e. The summed E-state index contributed by atoms with van der Waals surface area (Å²) in [7, 11) is 3.50. The number of imidazole rings is 1. The van der Waals surface area contributed by atoms with Crippen molar-refractivity contribution in [2.45, 2.75) is 31.1 Å². The number of benzene rings is 1. The second-order valence-corrected chi connectivity index (χ2v) is 6.05. The van der Waals surface area contributed by atoms with Gasteiger partial charge in [0.05, 0.1) is 18.2 Å². The Bertz CT molecular complexity index is 671. The van der Waals surface area contributed by atoms with Crippen LogP contribution in [0.1, 0.15) is 36.3 Å². The average Bonchev–Trinajstić information content (AvgIpc) is 3.03. The Morgan fingerprint density at radius 1 is 1.42 bits per heavy atom. The maximum atomic E-state index is 12.6. The van der Waals surface area contributed by atoms with E-state index in [0.717, 1.165) is 24.1 Å². The van der Waals surface area contributed by atoms with E-state index in [1.54, 1.807) is 13.4 Å². The monoisotopic (exact) mass is 329 g/mol. The number of nitrogens with one attached hydrogen (secondary N) is 1. The van der Waals surface area contributed by atoms with Crippen molar-refractivity contribution in [1.29, 1.82) is 0 Å². The van der Waals surface area contributed by atoms with Crippen molar-refractivity contribution in [2.24, 2.45) is 7.05 Å². The number of carbonyl (C=O) groups is 1. The molecule has 0 unspecified atom stereocenters. The smallest absolute Gasteiger partial charge is 0.253 e. The highest BCUT2D eigenvalue weighted by Gasteiger charge is 2.29. The minimum Gasteiger partial charge on any atom is -0.372 e. The minimum absolute atomic E-state index is 0.0470. The number of amides is 1. The zero-order valence-electron chi connectivity index (χ0n) is 14.0. The molecule has 3 atom stereocenters. The SMILES string of the molecule is CO[C@H](C(=O)N[C@H]1CCO[C@H](c2cncn2C)C1)c1ccccc1. The topological polar surface area (TPSA) is 65.4 Å². The molecule has 1 amide bonds. The number of methoxy groups -OCH3 is 1. The lowest BCUT2D eigenvalue weighted by Crippen LogP contribution is -2.42. The van der Waals surface area contributed by atoms with Gasteiger partial charge in [0, 0.05) is 26.8 Å². The molecule has 1 aromatic carbocycles. The van der Waals surface area contributed by atoms with Crippen LogP contribution < -0.4 is 5.32 Å². The van der Waals surface area contributed by atoms with Gasteiger partial charge in [-0.15, -0.1) is 0 Å². The number of nitrogens with zero attached hydrogens (tertiary/aromatic N) is 2. The second-order valence-electron chi connectivity index (χ2n) is 6.05. The summed E-state index contributed by atoms with van der Waals surface area (Å²) in [6.07, 6.45) is 4.47. The van der Waals surface area contributed by atoms with E-state index in [-0.39, 0.29) is 18.1 Å². The summed E-state index contributed by atoms with van der Waals surface area (Å²) in [5.41, 5.74) is 1.88. The van der Waals surface area contributed by atoms with Crippen molar-refractivity contribution in [2.75, 3.05) is 13.7 Å². The number of ether oxygens (including phenoxy) is 2. The van der Waals surface area contributed by atoms with E-state index in [1.807, 2.05) is 48.1 Å². The fourth-order valence-electron chi connectivity index (χ4n) is 3.11. The van der Waals surface area contributed by atoms with Gasteiger partial charge in [-0.1, -0.05) is 30.3 Å². The Balaban J connectivity index is 1.64. The standard InChI is InChI=1S/C18H23N3O3/c1-21-12-19-11-15(21)16-10-14(8-9-24-16)20-18(22)17(23-2)13-6-4-3-5-7-13/h3-7,11-12,14,16-17H,8-10H2,1-2H3,(H,20,22)/t14-,16-,17-/m0/s1. The molecule has 0 radical (unpaired) electrons. The molecule has 6 heteroatoms. The summed E-state index contributed by atoms with van der Waals surface area (Å²) < 4.78 is 13.2. The fraction of sp³-hybridized carbons (Fsp3) is 0.444. The van der Waals surface area contributed by atoms with Crippen molar-refractivity contribution in [3.8, 4) is 0 Å². The van der Waals surface area contributed by atoms with Crippen LogP contribution >= 0.6 is 0 Å². The highest BCUT2D eigenvalue weighted by Crippen LogP contribution is 2.28. The molecular formula is C18H23N3O3. The van der Waals surface area contributed by atoms with Gasteiger partial charge in [-0.25, -0.2) is 4.98 Å². The normalized spacial score (nSPS) is 22.1. The van der Waals surface area contributed by atoms with Crippen LogP contribution in [0.4, 0.5) is 0 Å². The predicted octanol–water partition coefficient (Wildman–Crippen LogP) is 2.14. The van der Waals surface area contributed by atoms with Crippen LogP contribution in [-0.4, -0.2) is 35.2 Å². The van der Waals surface area contributed by atoms with E-state index in [9.17, 15) is 4.79 Å². The molecule has 1 N–H and O–H groups in total. The zero-order valence-corrected chi connectivity index (χ0v) is 14.0. The van der Waals surface area contributed by atoms with E-state index < -0.39 is 6.10 Å². The van der Waals surface area contributed by atoms with E-state index in [0.29, 0.717) is 6.61 Å². The molecule has 128 valence electrons. The molecule has 1 saturated heterocycles. The number of aromatic nitrogens is 2. The number of aryl methyl sites for hydroxylation is 1. The number of carbonyl (C=O) groups excluding carboxylic acids is 1. The summed E-state index contributed by atoms with van der Waals surface area (Å²) >= 11 is 0. The molecule has 0 bridgehead atoms. The van der Waals surface area contributed by atoms with Gasteiger partial charge in [0.15, 0.2) is 6.10 Å². The second kappa shape index (κ2) is 7.59. The third-order valence-electron chi connectivity index (χ3n) is 4.39. The molecular weight excluding hydrogens is 306 g/mol. The van der Waals surface area contributed by atoms with Crippen molar-refractivity contribution in [3.63, 3.8) is 0 Å². The first-order valence-electron chi connectivity index (χ1n) is 8.15. The van der Waals surface area contributed by atoms with Crippen LogP contribution in [0.5, 0.6) is 0 Å². The molecule has 1 aromatic heterocycles. The zero-order chi connectivity index (χ0) is 16.9. The van der Waals surface area contributed by atoms with E-state index in [4.69, 9.17) is 9.47 Å². The summed E-state index contributed by atoms with van der Waals surface area (Å²) in [6.45, 7) is 0.615. The Labute approximate surface area is 141 Å². The van der Waals surface area contributed by atoms with E-state index in [1.165, 1.54) is 0 Å². The first-order chi connectivity index (χ1) is 11.7. The predicted molar refractivity (Wildman–Crippen MR) is 89.3 cm³/mol. The molecule has 0 saturated carbocycles. The molecule has 6 nitrogen and oxygen atoms in total. The highest BCUT2D eigenvalue weighted by atomic mass is 16.5. The molecule has 2 aromatic rings. The molecule has 2 heterocycles. The first-order valence-corrected chi connectivity index (χ1v) is 8.15. The summed E-state index contributed by atoms with van der Waals surface area (Å²) in [5.74, 6) is -0.112. The lowest BCUT2D eigenvalue weighted by molar-refractivity contribution is -0.133. The third kappa shape index (κ3) is 3.66. The van der Waals surface area contributed by atoms with Gasteiger partial charge in [-0.05, 0) is 18.4 Å². The largest absolute Gasteiger partial charge is 0.372 e. The van der Waals surface area contributed by atoms with Gasteiger partial charge in [0.1, 0.15) is 6.10 Å². The van der Waals surface area contributed by atoms with Crippen LogP contribution in [0.25, 0.3) is 0 Å². The van der Waals surface area contributed by atoms with Gasteiger partial charge < -0.3 is 19.4 Å². The molecule has 1 aliphatic heterocycles. The number of rotatable bonds is 5. The van der Waals surface area contributed by atoms with Gasteiger partial charge in [-0.2, -0.15) is 0 Å². The summed E-state index contributed by atoms with van der Waals surface area (Å²) in [5, 5.41) is 3.11. The molecule has 24 heavy (non-hydrogen) atoms. The van der Waals surface area contributed by atoms with Gasteiger partial charge in [0.2, 0.25) is 0 Å². The Hall–Kier alpha value is -2.18. The molecule has 3 rings (SSSR count).